The summed E-state index contributed by atoms with van der Waals surface area (Å²) >= 11 is 0. The molecule has 144 valence electrons. The second-order valence-electron chi connectivity index (χ2n) is 6.50. The maximum atomic E-state index is 12.4. The van der Waals surface area contributed by atoms with Gasteiger partial charge in [-0.05, 0) is 37.6 Å². The highest BCUT2D eigenvalue weighted by Crippen LogP contribution is 2.42. The summed E-state index contributed by atoms with van der Waals surface area (Å²) in [5, 5.41) is 23.7. The van der Waals surface area contributed by atoms with Crippen molar-refractivity contribution in [2.24, 2.45) is 0 Å². The SMILES string of the molecule is CCOc1cc([C@H]2CC(=O)Nc3c2c(C)nn3-c2ccc(=O)[nH]n2)ccc1O. The molecule has 1 amide bonds. The molecule has 9 nitrogen and oxygen atoms in total. The lowest BCUT2D eigenvalue weighted by Crippen LogP contribution is -2.25. The van der Waals surface area contributed by atoms with Crippen molar-refractivity contribution < 1.29 is 14.6 Å². The van der Waals surface area contributed by atoms with Crippen LogP contribution in [-0.2, 0) is 4.79 Å². The van der Waals surface area contributed by atoms with Crippen LogP contribution in [0.1, 0.15) is 36.1 Å². The molecule has 0 aliphatic carbocycles. The fourth-order valence-electron chi connectivity index (χ4n) is 3.47. The Balaban J connectivity index is 1.84. The van der Waals surface area contributed by atoms with Crippen LogP contribution in [0.3, 0.4) is 0 Å². The van der Waals surface area contributed by atoms with Crippen LogP contribution in [0, 0.1) is 6.92 Å². The van der Waals surface area contributed by atoms with Crippen molar-refractivity contribution in [3.8, 4) is 17.3 Å². The van der Waals surface area contributed by atoms with Gasteiger partial charge in [0.2, 0.25) is 5.91 Å². The number of anilines is 1. The summed E-state index contributed by atoms with van der Waals surface area (Å²) in [6.07, 6.45) is 0.245. The number of carbonyl (C=O) groups is 1. The molecule has 1 aliphatic heterocycles. The smallest absolute Gasteiger partial charge is 0.264 e. The van der Waals surface area contributed by atoms with Crippen molar-refractivity contribution in [1.29, 1.82) is 0 Å². The van der Waals surface area contributed by atoms with E-state index in [9.17, 15) is 14.7 Å². The molecule has 28 heavy (non-hydrogen) atoms. The number of phenols is 1. The van der Waals surface area contributed by atoms with E-state index in [2.05, 4.69) is 20.6 Å². The van der Waals surface area contributed by atoms with E-state index in [4.69, 9.17) is 4.74 Å². The van der Waals surface area contributed by atoms with Crippen molar-refractivity contribution in [2.45, 2.75) is 26.2 Å². The third kappa shape index (κ3) is 3.00. The van der Waals surface area contributed by atoms with E-state index in [1.165, 1.54) is 16.8 Å². The number of nitrogens with zero attached hydrogens (tertiary/aromatic N) is 3. The summed E-state index contributed by atoms with van der Waals surface area (Å²) in [6.45, 7) is 4.11. The van der Waals surface area contributed by atoms with E-state index in [0.29, 0.717) is 24.0 Å². The molecule has 1 aliphatic rings. The van der Waals surface area contributed by atoms with Crippen LogP contribution in [0.4, 0.5) is 5.82 Å². The van der Waals surface area contributed by atoms with Crippen molar-refractivity contribution in [3.63, 3.8) is 0 Å². The van der Waals surface area contributed by atoms with Crippen LogP contribution in [0.2, 0.25) is 0 Å². The van der Waals surface area contributed by atoms with Crippen LogP contribution in [-0.4, -0.2) is 37.6 Å². The number of ether oxygens (including phenoxy) is 1. The maximum Gasteiger partial charge on any atom is 0.264 e. The number of rotatable bonds is 4. The van der Waals surface area contributed by atoms with Gasteiger partial charge >= 0.3 is 0 Å². The fourth-order valence-corrected chi connectivity index (χ4v) is 3.47. The first kappa shape index (κ1) is 17.8. The van der Waals surface area contributed by atoms with Crippen molar-refractivity contribution in [2.75, 3.05) is 11.9 Å². The number of amides is 1. The number of aromatic amines is 1. The lowest BCUT2D eigenvalue weighted by molar-refractivity contribution is -0.116. The molecule has 0 saturated carbocycles. The molecule has 0 saturated heterocycles. The molecule has 3 heterocycles. The molecule has 0 fully saturated rings. The number of aromatic nitrogens is 4. The number of aromatic hydroxyl groups is 1. The summed E-state index contributed by atoms with van der Waals surface area (Å²) in [5.74, 6) is 0.931. The minimum absolute atomic E-state index is 0.0518. The van der Waals surface area contributed by atoms with E-state index >= 15 is 0 Å². The molecule has 3 aromatic rings. The second-order valence-corrected chi connectivity index (χ2v) is 6.50. The average Bonchev–Trinajstić information content (AvgIpc) is 3.00. The number of hydrogen-bond donors (Lipinski definition) is 3. The Hall–Kier alpha value is -3.62. The average molecular weight is 381 g/mol. The first-order chi connectivity index (χ1) is 13.5. The van der Waals surface area contributed by atoms with Crippen LogP contribution >= 0.6 is 0 Å². The maximum absolute atomic E-state index is 12.4. The fraction of sp³-hybridized carbons (Fsp3) is 0.263. The lowest BCUT2D eigenvalue weighted by atomic mass is 9.85. The first-order valence-corrected chi connectivity index (χ1v) is 8.89. The van der Waals surface area contributed by atoms with Gasteiger partial charge in [-0.2, -0.15) is 14.9 Å². The van der Waals surface area contributed by atoms with Gasteiger partial charge in [-0.1, -0.05) is 6.07 Å². The summed E-state index contributed by atoms with van der Waals surface area (Å²) in [5.41, 5.74) is 2.12. The van der Waals surface area contributed by atoms with Crippen LogP contribution in [0.25, 0.3) is 5.82 Å². The summed E-state index contributed by atoms with van der Waals surface area (Å²) in [7, 11) is 0. The Morgan fingerprint density at radius 3 is 2.82 bits per heavy atom. The Labute approximate surface area is 160 Å². The number of fused-ring (bicyclic) bond motifs is 1. The predicted octanol–water partition coefficient (Wildman–Crippen LogP) is 1.84. The number of hydrogen-bond acceptors (Lipinski definition) is 6. The zero-order valence-corrected chi connectivity index (χ0v) is 15.4. The normalized spacial score (nSPS) is 15.8. The zero-order valence-electron chi connectivity index (χ0n) is 15.4. The van der Waals surface area contributed by atoms with Crippen molar-refractivity contribution in [1.82, 2.24) is 20.0 Å². The minimum Gasteiger partial charge on any atom is -0.504 e. The highest BCUT2D eigenvalue weighted by atomic mass is 16.5. The molecular weight excluding hydrogens is 362 g/mol. The molecule has 0 unspecified atom stereocenters. The molecule has 3 N–H and O–H groups in total. The highest BCUT2D eigenvalue weighted by molar-refractivity contribution is 5.95. The van der Waals surface area contributed by atoms with Gasteiger partial charge in [-0.3, -0.25) is 9.59 Å². The molecule has 0 spiro atoms. The molecule has 2 aromatic heterocycles. The highest BCUT2D eigenvalue weighted by Gasteiger charge is 2.33. The lowest BCUT2D eigenvalue weighted by Gasteiger charge is -2.24. The largest absolute Gasteiger partial charge is 0.504 e. The predicted molar refractivity (Wildman–Crippen MR) is 101 cm³/mol. The van der Waals surface area contributed by atoms with Gasteiger partial charge < -0.3 is 15.2 Å². The summed E-state index contributed by atoms with van der Waals surface area (Å²) < 4.78 is 6.99. The van der Waals surface area contributed by atoms with E-state index < -0.39 is 0 Å². The van der Waals surface area contributed by atoms with E-state index in [0.717, 1.165) is 16.8 Å². The van der Waals surface area contributed by atoms with Gasteiger partial charge in [0.1, 0.15) is 5.82 Å². The molecular formula is C19H19N5O4. The van der Waals surface area contributed by atoms with Gasteiger partial charge in [0.15, 0.2) is 17.3 Å². The minimum atomic E-state index is -0.323. The third-order valence-electron chi connectivity index (χ3n) is 4.67. The Morgan fingerprint density at radius 2 is 2.11 bits per heavy atom. The zero-order chi connectivity index (χ0) is 19.8. The topological polar surface area (TPSA) is 122 Å². The standard InChI is InChI=1S/C19H19N5O4/c1-3-28-14-8-11(4-5-13(14)25)12-9-17(27)20-19-18(12)10(2)23-24(19)15-6-7-16(26)22-21-15/h4-8,12,25H,3,9H2,1-2H3,(H,20,27)(H,22,26)/t12-/m1/s1. The number of H-pyrrole nitrogens is 1. The van der Waals surface area contributed by atoms with Crippen LogP contribution in [0.5, 0.6) is 11.5 Å². The Bertz CT molecular complexity index is 1100. The molecule has 0 radical (unpaired) electrons. The molecule has 4 rings (SSSR count). The van der Waals surface area contributed by atoms with Gasteiger partial charge in [0, 0.05) is 24.0 Å². The molecule has 1 aromatic carbocycles. The number of nitrogens with one attached hydrogen (secondary N) is 2. The van der Waals surface area contributed by atoms with Gasteiger partial charge in [0.25, 0.3) is 5.56 Å². The Morgan fingerprint density at radius 1 is 1.29 bits per heavy atom. The van der Waals surface area contributed by atoms with E-state index in [1.807, 2.05) is 13.8 Å². The Kier molecular flexibility index (Phi) is 4.34. The second kappa shape index (κ2) is 6.84. The summed E-state index contributed by atoms with van der Waals surface area (Å²) in [6, 6.07) is 7.98. The quantitative estimate of drug-likeness (QED) is 0.634. The number of phenolic OH excluding ortho intramolecular Hbond substituents is 1. The first-order valence-electron chi connectivity index (χ1n) is 8.89. The van der Waals surface area contributed by atoms with Crippen LogP contribution < -0.4 is 15.6 Å². The van der Waals surface area contributed by atoms with E-state index in [-0.39, 0.29) is 29.6 Å². The number of carbonyl (C=O) groups excluding carboxylic acids is 1. The van der Waals surface area contributed by atoms with Crippen LogP contribution in [0.15, 0.2) is 35.1 Å². The molecule has 1 atom stereocenters. The number of benzene rings is 1. The van der Waals surface area contributed by atoms with Crippen molar-refractivity contribution >= 4 is 11.7 Å². The summed E-state index contributed by atoms with van der Waals surface area (Å²) in [4.78, 5) is 23.7. The molecule has 9 heteroatoms. The van der Waals surface area contributed by atoms with Crippen molar-refractivity contribution in [3.05, 3.63) is 57.5 Å². The monoisotopic (exact) mass is 381 g/mol. The van der Waals surface area contributed by atoms with Gasteiger partial charge in [-0.25, -0.2) is 5.10 Å². The van der Waals surface area contributed by atoms with E-state index in [1.54, 1.807) is 18.2 Å². The third-order valence-corrected chi connectivity index (χ3v) is 4.67. The number of aryl methyl sites for hydroxylation is 1. The van der Waals surface area contributed by atoms with Gasteiger partial charge in [-0.15, -0.1) is 0 Å². The molecule has 0 bridgehead atoms. The van der Waals surface area contributed by atoms with Gasteiger partial charge in [0.05, 0.1) is 12.3 Å².